The van der Waals surface area contributed by atoms with Crippen molar-refractivity contribution >= 4 is 11.8 Å². The van der Waals surface area contributed by atoms with Crippen LogP contribution in [0.4, 0.5) is 0 Å². The summed E-state index contributed by atoms with van der Waals surface area (Å²) in [7, 11) is 1.76. The Hall–Kier alpha value is -2.82. The first-order chi connectivity index (χ1) is 13.3. The fourth-order valence-corrected chi connectivity index (χ4v) is 2.97. The average Bonchev–Trinajstić information content (AvgIpc) is 2.66. The van der Waals surface area contributed by atoms with Gasteiger partial charge in [-0.25, -0.2) is 0 Å². The van der Waals surface area contributed by atoms with Gasteiger partial charge in [0, 0.05) is 19.2 Å². The highest BCUT2D eigenvalue weighted by Gasteiger charge is 2.27. The molecule has 5 nitrogen and oxygen atoms in total. The summed E-state index contributed by atoms with van der Waals surface area (Å²) >= 11 is 0. The Balaban J connectivity index is 2.05. The third-order valence-corrected chi connectivity index (χ3v) is 4.53. The molecule has 0 fully saturated rings. The van der Waals surface area contributed by atoms with E-state index >= 15 is 0 Å². The van der Waals surface area contributed by atoms with Crippen LogP contribution in [0.5, 0.6) is 5.75 Å². The second-order valence-electron chi connectivity index (χ2n) is 7.34. The lowest BCUT2D eigenvalue weighted by atomic mass is 10.0. The van der Waals surface area contributed by atoms with Crippen molar-refractivity contribution in [1.82, 2.24) is 10.2 Å². The fourth-order valence-electron chi connectivity index (χ4n) is 2.97. The summed E-state index contributed by atoms with van der Waals surface area (Å²) in [5.41, 5.74) is 2.58. The first kappa shape index (κ1) is 21.5. The molecule has 2 rings (SSSR count). The number of rotatable bonds is 8. The van der Waals surface area contributed by atoms with Gasteiger partial charge in [0.25, 0.3) is 5.91 Å². The number of hydrogen-bond acceptors (Lipinski definition) is 3. The smallest absolute Gasteiger partial charge is 0.251 e. The first-order valence-corrected chi connectivity index (χ1v) is 9.66. The van der Waals surface area contributed by atoms with Gasteiger partial charge in [-0.3, -0.25) is 9.59 Å². The van der Waals surface area contributed by atoms with Crippen LogP contribution in [0.25, 0.3) is 0 Å². The SMILES string of the molecule is CCOc1ccc(CN(C)C(=O)C(NC(=O)c2cccc(C)c2)C(C)C)cc1. The Morgan fingerprint density at radius 2 is 1.79 bits per heavy atom. The van der Waals surface area contributed by atoms with Gasteiger partial charge in [-0.1, -0.05) is 43.7 Å². The van der Waals surface area contributed by atoms with Gasteiger partial charge in [-0.15, -0.1) is 0 Å². The fraction of sp³-hybridized carbons (Fsp3) is 0.391. The molecule has 0 saturated heterocycles. The Bertz CT molecular complexity index is 800. The third kappa shape index (κ3) is 5.84. The van der Waals surface area contributed by atoms with Gasteiger partial charge >= 0.3 is 0 Å². The molecule has 0 radical (unpaired) electrons. The molecule has 0 aromatic heterocycles. The maximum atomic E-state index is 13.0. The molecule has 150 valence electrons. The van der Waals surface area contributed by atoms with Gasteiger partial charge in [0.1, 0.15) is 11.8 Å². The zero-order valence-corrected chi connectivity index (χ0v) is 17.4. The van der Waals surface area contributed by atoms with Crippen LogP contribution < -0.4 is 10.1 Å². The number of hydrogen-bond donors (Lipinski definition) is 1. The Labute approximate surface area is 167 Å². The average molecular weight is 383 g/mol. The summed E-state index contributed by atoms with van der Waals surface area (Å²) in [5.74, 6) is 0.449. The summed E-state index contributed by atoms with van der Waals surface area (Å²) in [6.07, 6.45) is 0. The molecule has 2 aromatic carbocycles. The van der Waals surface area contributed by atoms with Gasteiger partial charge in [0.15, 0.2) is 0 Å². The summed E-state index contributed by atoms with van der Waals surface area (Å²) in [5, 5.41) is 2.90. The van der Waals surface area contributed by atoms with Gasteiger partial charge in [-0.05, 0) is 49.6 Å². The minimum absolute atomic E-state index is 0.0240. The van der Waals surface area contributed by atoms with Crippen LogP contribution in [0.3, 0.4) is 0 Å². The topological polar surface area (TPSA) is 58.6 Å². The highest BCUT2D eigenvalue weighted by atomic mass is 16.5. The van der Waals surface area contributed by atoms with Crippen LogP contribution >= 0.6 is 0 Å². The Morgan fingerprint density at radius 1 is 1.11 bits per heavy atom. The van der Waals surface area contributed by atoms with Crippen molar-refractivity contribution in [3.63, 3.8) is 0 Å². The molecule has 0 aliphatic heterocycles. The molecular weight excluding hydrogens is 352 g/mol. The quantitative estimate of drug-likeness (QED) is 0.755. The van der Waals surface area contributed by atoms with Crippen molar-refractivity contribution in [2.24, 2.45) is 5.92 Å². The summed E-state index contributed by atoms with van der Waals surface area (Å²) in [6.45, 7) is 8.83. The second-order valence-corrected chi connectivity index (χ2v) is 7.34. The van der Waals surface area contributed by atoms with Crippen molar-refractivity contribution < 1.29 is 14.3 Å². The van der Waals surface area contributed by atoms with Crippen LogP contribution in [0.1, 0.15) is 42.3 Å². The zero-order valence-electron chi connectivity index (χ0n) is 17.4. The second kappa shape index (κ2) is 9.93. The molecule has 0 saturated carbocycles. The molecular formula is C23H30N2O3. The summed E-state index contributed by atoms with van der Waals surface area (Å²) in [4.78, 5) is 27.2. The van der Waals surface area contributed by atoms with E-state index < -0.39 is 6.04 Å². The number of likely N-dealkylation sites (N-methyl/N-ethyl adjacent to an activating group) is 1. The third-order valence-electron chi connectivity index (χ3n) is 4.53. The van der Waals surface area contributed by atoms with E-state index in [9.17, 15) is 9.59 Å². The first-order valence-electron chi connectivity index (χ1n) is 9.66. The van der Waals surface area contributed by atoms with E-state index in [2.05, 4.69) is 5.32 Å². The number of amides is 2. The molecule has 0 heterocycles. The van der Waals surface area contributed by atoms with Gasteiger partial charge in [-0.2, -0.15) is 0 Å². The number of aryl methyl sites for hydroxylation is 1. The number of carbonyl (C=O) groups is 2. The van der Waals surface area contributed by atoms with Crippen LogP contribution in [0.15, 0.2) is 48.5 Å². The molecule has 28 heavy (non-hydrogen) atoms. The van der Waals surface area contributed by atoms with Gasteiger partial charge < -0.3 is 15.0 Å². The zero-order chi connectivity index (χ0) is 20.7. The van der Waals surface area contributed by atoms with Crippen LogP contribution in [-0.2, 0) is 11.3 Å². The lowest BCUT2D eigenvalue weighted by Crippen LogP contribution is -2.50. The maximum absolute atomic E-state index is 13.0. The van der Waals surface area contributed by atoms with E-state index in [1.165, 1.54) is 0 Å². The molecule has 1 unspecified atom stereocenters. The van der Waals surface area contributed by atoms with Crippen molar-refractivity contribution in [1.29, 1.82) is 0 Å². The largest absolute Gasteiger partial charge is 0.494 e. The minimum Gasteiger partial charge on any atom is -0.494 e. The van der Waals surface area contributed by atoms with Crippen molar-refractivity contribution in [2.75, 3.05) is 13.7 Å². The van der Waals surface area contributed by atoms with E-state index in [0.717, 1.165) is 16.9 Å². The normalized spacial score (nSPS) is 11.8. The van der Waals surface area contributed by atoms with Crippen LogP contribution in [0.2, 0.25) is 0 Å². The predicted octanol–water partition coefficient (Wildman–Crippen LogP) is 3.81. The number of nitrogens with one attached hydrogen (secondary N) is 1. The van der Waals surface area contributed by atoms with E-state index in [4.69, 9.17) is 4.74 Å². The lowest BCUT2D eigenvalue weighted by molar-refractivity contribution is -0.133. The number of ether oxygens (including phenoxy) is 1. The molecule has 0 aliphatic rings. The molecule has 2 aromatic rings. The van der Waals surface area contributed by atoms with Crippen LogP contribution in [0, 0.1) is 12.8 Å². The number of nitrogens with zero attached hydrogens (tertiary/aromatic N) is 1. The molecule has 2 amide bonds. The molecule has 0 aliphatic carbocycles. The number of benzene rings is 2. The van der Waals surface area contributed by atoms with Crippen molar-refractivity contribution in [3.05, 3.63) is 65.2 Å². The van der Waals surface area contributed by atoms with E-state index in [-0.39, 0.29) is 17.7 Å². The van der Waals surface area contributed by atoms with Crippen molar-refractivity contribution in [3.8, 4) is 5.75 Å². The minimum atomic E-state index is -0.583. The maximum Gasteiger partial charge on any atom is 0.251 e. The number of carbonyl (C=O) groups excluding carboxylic acids is 2. The molecule has 0 spiro atoms. The standard InChI is InChI=1S/C23H30N2O3/c1-6-28-20-12-10-18(11-13-20)15-25(5)23(27)21(16(2)3)24-22(26)19-9-7-8-17(4)14-19/h7-14,16,21H,6,15H2,1-5H3,(H,24,26). The monoisotopic (exact) mass is 382 g/mol. The summed E-state index contributed by atoms with van der Waals surface area (Å²) < 4.78 is 5.45. The van der Waals surface area contributed by atoms with E-state index in [1.54, 1.807) is 18.0 Å². The van der Waals surface area contributed by atoms with Crippen molar-refractivity contribution in [2.45, 2.75) is 40.3 Å². The predicted molar refractivity (Wildman–Crippen MR) is 111 cm³/mol. The van der Waals surface area contributed by atoms with Crippen LogP contribution in [-0.4, -0.2) is 36.4 Å². The molecule has 0 bridgehead atoms. The van der Waals surface area contributed by atoms with Gasteiger partial charge in [0.05, 0.1) is 6.61 Å². The Morgan fingerprint density at radius 3 is 2.36 bits per heavy atom. The summed E-state index contributed by atoms with van der Waals surface area (Å²) in [6, 6.07) is 14.5. The van der Waals surface area contributed by atoms with E-state index in [0.29, 0.717) is 18.7 Å². The lowest BCUT2D eigenvalue weighted by Gasteiger charge is -2.27. The van der Waals surface area contributed by atoms with Gasteiger partial charge in [0.2, 0.25) is 5.91 Å². The Kier molecular flexibility index (Phi) is 7.61. The highest BCUT2D eigenvalue weighted by molar-refractivity contribution is 5.97. The molecule has 1 N–H and O–H groups in total. The van der Waals surface area contributed by atoms with E-state index in [1.807, 2.05) is 70.2 Å². The molecule has 5 heteroatoms. The highest BCUT2D eigenvalue weighted by Crippen LogP contribution is 2.15. The molecule has 1 atom stereocenters.